The molecular weight excluding hydrogens is 236 g/mol. The van der Waals surface area contributed by atoms with Crippen molar-refractivity contribution in [1.29, 1.82) is 0 Å². The number of amides is 1. The van der Waals surface area contributed by atoms with E-state index in [9.17, 15) is 4.79 Å². The Morgan fingerprint density at radius 3 is 2.63 bits per heavy atom. The Bertz CT molecular complexity index is 515. The molecule has 19 heavy (non-hydrogen) atoms. The van der Waals surface area contributed by atoms with Gasteiger partial charge in [0.15, 0.2) is 0 Å². The molecule has 0 atom stereocenters. The van der Waals surface area contributed by atoms with Gasteiger partial charge in [-0.1, -0.05) is 31.0 Å². The third kappa shape index (κ3) is 1.57. The molecule has 1 aliphatic carbocycles. The lowest BCUT2D eigenvalue weighted by molar-refractivity contribution is -0.123. The van der Waals surface area contributed by atoms with E-state index in [0.29, 0.717) is 5.91 Å². The average Bonchev–Trinajstić information content (AvgIpc) is 2.95. The van der Waals surface area contributed by atoms with E-state index in [1.807, 2.05) is 0 Å². The summed E-state index contributed by atoms with van der Waals surface area (Å²) in [6, 6.07) is 8.56. The van der Waals surface area contributed by atoms with E-state index in [1.165, 1.54) is 36.9 Å². The summed E-state index contributed by atoms with van der Waals surface area (Å²) in [5.41, 5.74) is 2.87. The zero-order valence-electron chi connectivity index (χ0n) is 11.2. The second-order valence-corrected chi connectivity index (χ2v) is 6.28. The maximum atomic E-state index is 12.6. The molecule has 3 heteroatoms. The maximum Gasteiger partial charge on any atom is 0.232 e. The first-order valence-electron chi connectivity index (χ1n) is 7.42. The van der Waals surface area contributed by atoms with Crippen LogP contribution in [0.5, 0.6) is 0 Å². The third-order valence-electron chi connectivity index (χ3n) is 5.18. The van der Waals surface area contributed by atoms with E-state index >= 15 is 0 Å². The molecule has 1 N–H and O–H groups in total. The summed E-state index contributed by atoms with van der Waals surface area (Å²) in [5.74, 6) is 0.527. The van der Waals surface area contributed by atoms with Crippen LogP contribution in [-0.4, -0.2) is 25.5 Å². The van der Waals surface area contributed by atoms with Gasteiger partial charge < -0.3 is 10.2 Å². The largest absolute Gasteiger partial charge is 0.315 e. The molecular formula is C16H20N2O. The number of nitrogens with one attached hydrogen (secondary N) is 1. The van der Waals surface area contributed by atoms with Crippen LogP contribution in [0.4, 0.5) is 5.69 Å². The molecule has 2 fully saturated rings. The van der Waals surface area contributed by atoms with Gasteiger partial charge in [-0.3, -0.25) is 4.79 Å². The predicted molar refractivity (Wildman–Crippen MR) is 75.3 cm³/mol. The van der Waals surface area contributed by atoms with Gasteiger partial charge in [0.05, 0.1) is 5.92 Å². The first-order valence-corrected chi connectivity index (χ1v) is 7.42. The van der Waals surface area contributed by atoms with Gasteiger partial charge in [0, 0.05) is 30.7 Å². The number of para-hydroxylation sites is 1. The Morgan fingerprint density at radius 2 is 1.95 bits per heavy atom. The number of nitrogens with zero attached hydrogens (tertiary/aromatic N) is 1. The minimum Gasteiger partial charge on any atom is -0.315 e. The molecule has 2 aliphatic heterocycles. The highest BCUT2D eigenvalue weighted by atomic mass is 16.2. The SMILES string of the molecule is O=C(C1CNC1)N1CC2(CCCC2)c2ccccc21. The minimum atomic E-state index is 0.199. The molecule has 1 saturated heterocycles. The molecule has 1 amide bonds. The average molecular weight is 256 g/mol. The molecule has 4 rings (SSSR count). The number of anilines is 1. The molecule has 0 bridgehead atoms. The van der Waals surface area contributed by atoms with Crippen molar-refractivity contribution in [3.8, 4) is 0 Å². The van der Waals surface area contributed by atoms with Crippen LogP contribution in [0.3, 0.4) is 0 Å². The van der Waals surface area contributed by atoms with E-state index in [0.717, 1.165) is 19.6 Å². The summed E-state index contributed by atoms with van der Waals surface area (Å²) >= 11 is 0. The smallest absolute Gasteiger partial charge is 0.232 e. The number of hydrogen-bond donors (Lipinski definition) is 1. The van der Waals surface area contributed by atoms with E-state index in [1.54, 1.807) is 0 Å². The normalized spacial score (nSPS) is 24.5. The lowest BCUT2D eigenvalue weighted by Gasteiger charge is -2.31. The fourth-order valence-corrected chi connectivity index (χ4v) is 3.99. The first kappa shape index (κ1) is 11.5. The van der Waals surface area contributed by atoms with Crippen LogP contribution in [0.1, 0.15) is 31.2 Å². The number of benzene rings is 1. The highest BCUT2D eigenvalue weighted by Gasteiger charge is 2.47. The number of rotatable bonds is 1. The van der Waals surface area contributed by atoms with Gasteiger partial charge in [0.2, 0.25) is 5.91 Å². The summed E-state index contributed by atoms with van der Waals surface area (Å²) in [6.45, 7) is 2.62. The fourth-order valence-electron chi connectivity index (χ4n) is 3.99. The second-order valence-electron chi connectivity index (χ2n) is 6.28. The lowest BCUT2D eigenvalue weighted by Crippen LogP contribution is -2.52. The van der Waals surface area contributed by atoms with Gasteiger partial charge in [-0.15, -0.1) is 0 Å². The van der Waals surface area contributed by atoms with Crippen molar-refractivity contribution in [1.82, 2.24) is 5.32 Å². The van der Waals surface area contributed by atoms with E-state index < -0.39 is 0 Å². The quantitative estimate of drug-likeness (QED) is 0.834. The van der Waals surface area contributed by atoms with Crippen molar-refractivity contribution in [3.63, 3.8) is 0 Å². The van der Waals surface area contributed by atoms with E-state index in [-0.39, 0.29) is 11.3 Å². The third-order valence-corrected chi connectivity index (χ3v) is 5.18. The van der Waals surface area contributed by atoms with Gasteiger partial charge in [0.1, 0.15) is 0 Å². The molecule has 100 valence electrons. The Morgan fingerprint density at radius 1 is 1.21 bits per heavy atom. The van der Waals surface area contributed by atoms with E-state index in [4.69, 9.17) is 0 Å². The molecule has 0 aromatic heterocycles. The monoisotopic (exact) mass is 256 g/mol. The fraction of sp³-hybridized carbons (Fsp3) is 0.562. The zero-order chi connectivity index (χ0) is 12.9. The van der Waals surface area contributed by atoms with Crippen molar-refractivity contribution < 1.29 is 4.79 Å². The molecule has 1 aromatic carbocycles. The van der Waals surface area contributed by atoms with Crippen LogP contribution < -0.4 is 10.2 Å². The number of carbonyl (C=O) groups excluding carboxylic acids is 1. The lowest BCUT2D eigenvalue weighted by atomic mass is 9.81. The Kier molecular flexibility index (Phi) is 2.46. The topological polar surface area (TPSA) is 32.3 Å². The highest BCUT2D eigenvalue weighted by molar-refractivity contribution is 5.98. The van der Waals surface area contributed by atoms with Gasteiger partial charge >= 0.3 is 0 Å². The molecule has 0 radical (unpaired) electrons. The number of hydrogen-bond acceptors (Lipinski definition) is 2. The van der Waals surface area contributed by atoms with Crippen LogP contribution in [0.15, 0.2) is 24.3 Å². The van der Waals surface area contributed by atoms with Gasteiger partial charge in [-0.25, -0.2) is 0 Å². The van der Waals surface area contributed by atoms with Crippen molar-refractivity contribution in [2.24, 2.45) is 5.92 Å². The summed E-state index contributed by atoms with van der Waals surface area (Å²) in [7, 11) is 0. The highest BCUT2D eigenvalue weighted by Crippen LogP contribution is 2.50. The summed E-state index contributed by atoms with van der Waals surface area (Å²) < 4.78 is 0. The Hall–Kier alpha value is -1.35. The van der Waals surface area contributed by atoms with E-state index in [2.05, 4.69) is 34.5 Å². The van der Waals surface area contributed by atoms with Crippen LogP contribution in [0.25, 0.3) is 0 Å². The minimum absolute atomic E-state index is 0.199. The van der Waals surface area contributed by atoms with Crippen molar-refractivity contribution >= 4 is 11.6 Å². The maximum absolute atomic E-state index is 12.6. The molecule has 3 aliphatic rings. The number of fused-ring (bicyclic) bond motifs is 2. The molecule has 1 aromatic rings. The summed E-state index contributed by atoms with van der Waals surface area (Å²) in [4.78, 5) is 14.7. The second kappa shape index (κ2) is 4.07. The Balaban J connectivity index is 1.72. The van der Waals surface area contributed by atoms with Gasteiger partial charge in [-0.05, 0) is 24.5 Å². The van der Waals surface area contributed by atoms with Gasteiger partial charge in [-0.2, -0.15) is 0 Å². The van der Waals surface area contributed by atoms with Crippen molar-refractivity contribution in [2.45, 2.75) is 31.1 Å². The molecule has 1 saturated carbocycles. The first-order chi connectivity index (χ1) is 9.30. The number of carbonyl (C=O) groups is 1. The molecule has 1 spiro atoms. The van der Waals surface area contributed by atoms with Crippen LogP contribution in [-0.2, 0) is 10.2 Å². The van der Waals surface area contributed by atoms with Crippen LogP contribution >= 0.6 is 0 Å². The Labute approximate surface area is 114 Å². The molecule has 3 nitrogen and oxygen atoms in total. The predicted octanol–water partition coefficient (Wildman–Crippen LogP) is 2.06. The summed E-state index contributed by atoms with van der Waals surface area (Å²) in [5, 5.41) is 3.20. The van der Waals surface area contributed by atoms with Crippen molar-refractivity contribution in [3.05, 3.63) is 29.8 Å². The van der Waals surface area contributed by atoms with Crippen LogP contribution in [0.2, 0.25) is 0 Å². The zero-order valence-corrected chi connectivity index (χ0v) is 11.2. The van der Waals surface area contributed by atoms with Crippen LogP contribution in [0, 0.1) is 5.92 Å². The molecule has 2 heterocycles. The standard InChI is InChI=1S/C16H20N2O/c19-15(12-9-17-10-12)18-11-16(7-3-4-8-16)13-5-1-2-6-14(13)18/h1-2,5-6,12,17H,3-4,7-11H2. The summed E-state index contributed by atoms with van der Waals surface area (Å²) in [6.07, 6.45) is 5.11. The molecule has 0 unspecified atom stereocenters. The van der Waals surface area contributed by atoms with Crippen molar-refractivity contribution in [2.75, 3.05) is 24.5 Å². The van der Waals surface area contributed by atoms with Gasteiger partial charge in [0.25, 0.3) is 0 Å².